The molecule has 1 saturated heterocycles. The highest BCUT2D eigenvalue weighted by molar-refractivity contribution is 7.07. The van der Waals surface area contributed by atoms with Crippen LogP contribution in [0.3, 0.4) is 0 Å². The lowest BCUT2D eigenvalue weighted by Gasteiger charge is -2.31. The van der Waals surface area contributed by atoms with E-state index in [1.54, 1.807) is 5.51 Å². The van der Waals surface area contributed by atoms with Gasteiger partial charge in [0, 0.05) is 36.3 Å². The summed E-state index contributed by atoms with van der Waals surface area (Å²) in [6.07, 6.45) is 3.71. The number of carbonyl (C=O) groups is 1. The molecule has 0 spiro atoms. The molecule has 3 heterocycles. The molecule has 1 aliphatic rings. The van der Waals surface area contributed by atoms with Crippen molar-refractivity contribution >= 4 is 17.2 Å². The first-order valence-corrected chi connectivity index (χ1v) is 7.65. The normalized spacial score (nSPS) is 16.4. The fourth-order valence-electron chi connectivity index (χ4n) is 2.56. The molecule has 1 aliphatic heterocycles. The molecular weight excluding hydrogens is 272 g/mol. The average molecular weight is 288 g/mol. The third-order valence-corrected chi connectivity index (χ3v) is 4.24. The summed E-state index contributed by atoms with van der Waals surface area (Å²) in [5, 5.41) is 1.81. The predicted octanol–water partition coefficient (Wildman–Crippen LogP) is 2.26. The first-order chi connectivity index (χ1) is 9.74. The molecule has 3 rings (SSSR count). The highest BCUT2D eigenvalue weighted by atomic mass is 32.1. The van der Waals surface area contributed by atoms with E-state index in [9.17, 15) is 4.79 Å². The molecule has 5 nitrogen and oxygen atoms in total. The van der Waals surface area contributed by atoms with Crippen LogP contribution >= 0.6 is 11.3 Å². The van der Waals surface area contributed by atoms with Crippen molar-refractivity contribution in [3.05, 3.63) is 40.4 Å². The lowest BCUT2D eigenvalue weighted by atomic mass is 9.93. The first kappa shape index (κ1) is 13.2. The van der Waals surface area contributed by atoms with E-state index in [2.05, 4.69) is 15.0 Å². The molecule has 0 unspecified atom stereocenters. The van der Waals surface area contributed by atoms with Crippen molar-refractivity contribution in [1.29, 1.82) is 0 Å². The van der Waals surface area contributed by atoms with Gasteiger partial charge in [0.15, 0.2) is 0 Å². The number of hydrogen-bond acceptors (Lipinski definition) is 5. The van der Waals surface area contributed by atoms with Crippen LogP contribution in [0, 0.1) is 6.92 Å². The maximum atomic E-state index is 12.2. The molecule has 0 saturated carbocycles. The Bertz CT molecular complexity index is 591. The van der Waals surface area contributed by atoms with Crippen LogP contribution < -0.4 is 0 Å². The minimum absolute atomic E-state index is 0.0450. The van der Waals surface area contributed by atoms with E-state index in [0.29, 0.717) is 11.6 Å². The largest absolute Gasteiger partial charge is 0.337 e. The van der Waals surface area contributed by atoms with Gasteiger partial charge in [-0.3, -0.25) is 4.79 Å². The second-order valence-corrected chi connectivity index (χ2v) is 5.69. The predicted molar refractivity (Wildman–Crippen MR) is 76.8 cm³/mol. The fraction of sp³-hybridized carbons (Fsp3) is 0.429. The molecule has 2 aromatic heterocycles. The smallest absolute Gasteiger partial charge is 0.273 e. The minimum Gasteiger partial charge on any atom is -0.337 e. The van der Waals surface area contributed by atoms with Crippen molar-refractivity contribution in [3.8, 4) is 0 Å². The zero-order chi connectivity index (χ0) is 13.9. The van der Waals surface area contributed by atoms with Crippen molar-refractivity contribution in [2.45, 2.75) is 25.7 Å². The zero-order valence-corrected chi connectivity index (χ0v) is 12.1. The van der Waals surface area contributed by atoms with Gasteiger partial charge in [-0.15, -0.1) is 11.3 Å². The summed E-state index contributed by atoms with van der Waals surface area (Å²) in [4.78, 5) is 26.8. The molecule has 2 aromatic rings. The van der Waals surface area contributed by atoms with Crippen LogP contribution in [0.1, 0.15) is 40.8 Å². The monoisotopic (exact) mass is 288 g/mol. The number of carbonyl (C=O) groups excluding carboxylic acids is 1. The third-order valence-electron chi connectivity index (χ3n) is 3.65. The molecule has 1 fully saturated rings. The molecule has 6 heteroatoms. The van der Waals surface area contributed by atoms with E-state index in [-0.39, 0.29) is 5.91 Å². The number of hydrogen-bond donors (Lipinski definition) is 0. The Hall–Kier alpha value is -1.82. The lowest BCUT2D eigenvalue weighted by molar-refractivity contribution is 0.0707. The Morgan fingerprint density at radius 1 is 1.35 bits per heavy atom. The fourth-order valence-corrected chi connectivity index (χ4v) is 3.09. The van der Waals surface area contributed by atoms with Gasteiger partial charge in [-0.1, -0.05) is 0 Å². The number of piperidine rings is 1. The van der Waals surface area contributed by atoms with E-state index in [1.165, 1.54) is 11.3 Å². The van der Waals surface area contributed by atoms with Crippen molar-refractivity contribution in [2.75, 3.05) is 13.1 Å². The van der Waals surface area contributed by atoms with Gasteiger partial charge in [-0.05, 0) is 25.8 Å². The highest BCUT2D eigenvalue weighted by Crippen LogP contribution is 2.27. The standard InChI is InChI=1S/C14H16N4OS/c1-10-15-5-2-12(17-10)11-3-6-18(7-4-11)14(19)13-8-20-9-16-13/h2,5,8-9,11H,3-4,6-7H2,1H3. The van der Waals surface area contributed by atoms with Crippen LogP contribution in [-0.4, -0.2) is 38.8 Å². The summed E-state index contributed by atoms with van der Waals surface area (Å²) >= 11 is 1.46. The van der Waals surface area contributed by atoms with Gasteiger partial charge in [0.05, 0.1) is 5.51 Å². The van der Waals surface area contributed by atoms with Gasteiger partial charge in [0.25, 0.3) is 5.91 Å². The summed E-state index contributed by atoms with van der Waals surface area (Å²) in [6.45, 7) is 3.44. The van der Waals surface area contributed by atoms with Gasteiger partial charge in [-0.25, -0.2) is 15.0 Å². The van der Waals surface area contributed by atoms with Crippen molar-refractivity contribution in [1.82, 2.24) is 19.9 Å². The third kappa shape index (κ3) is 2.70. The summed E-state index contributed by atoms with van der Waals surface area (Å²) < 4.78 is 0. The number of amides is 1. The molecule has 0 radical (unpaired) electrons. The minimum atomic E-state index is 0.0450. The van der Waals surface area contributed by atoms with Gasteiger partial charge in [-0.2, -0.15) is 0 Å². The molecule has 0 bridgehead atoms. The molecule has 104 valence electrons. The van der Waals surface area contributed by atoms with Crippen LogP contribution in [0.25, 0.3) is 0 Å². The Morgan fingerprint density at radius 2 is 2.15 bits per heavy atom. The lowest BCUT2D eigenvalue weighted by Crippen LogP contribution is -2.38. The molecular formula is C14H16N4OS. The van der Waals surface area contributed by atoms with Gasteiger partial charge < -0.3 is 4.90 Å². The Labute approximate surface area is 121 Å². The number of likely N-dealkylation sites (tertiary alicyclic amines) is 1. The summed E-state index contributed by atoms with van der Waals surface area (Å²) in [5.41, 5.74) is 3.36. The van der Waals surface area contributed by atoms with E-state index in [0.717, 1.165) is 37.4 Å². The number of rotatable bonds is 2. The molecule has 0 atom stereocenters. The number of nitrogens with zero attached hydrogens (tertiary/aromatic N) is 4. The maximum Gasteiger partial charge on any atom is 0.273 e. The number of aryl methyl sites for hydroxylation is 1. The van der Waals surface area contributed by atoms with E-state index in [4.69, 9.17) is 0 Å². The summed E-state index contributed by atoms with van der Waals surface area (Å²) in [6, 6.07) is 1.98. The topological polar surface area (TPSA) is 59.0 Å². The van der Waals surface area contributed by atoms with E-state index >= 15 is 0 Å². The Morgan fingerprint density at radius 3 is 2.80 bits per heavy atom. The highest BCUT2D eigenvalue weighted by Gasteiger charge is 2.26. The zero-order valence-electron chi connectivity index (χ0n) is 11.3. The summed E-state index contributed by atoms with van der Waals surface area (Å²) in [5.74, 6) is 1.28. The van der Waals surface area contributed by atoms with Gasteiger partial charge in [0.2, 0.25) is 0 Å². The average Bonchev–Trinajstić information content (AvgIpc) is 3.01. The van der Waals surface area contributed by atoms with E-state index in [1.807, 2.05) is 29.5 Å². The number of aromatic nitrogens is 3. The second kappa shape index (κ2) is 5.66. The van der Waals surface area contributed by atoms with Gasteiger partial charge in [0.1, 0.15) is 11.5 Å². The van der Waals surface area contributed by atoms with Crippen molar-refractivity contribution in [2.24, 2.45) is 0 Å². The number of thiazole rings is 1. The van der Waals surface area contributed by atoms with E-state index < -0.39 is 0 Å². The first-order valence-electron chi connectivity index (χ1n) is 6.71. The van der Waals surface area contributed by atoms with Crippen LogP contribution in [0.5, 0.6) is 0 Å². The quantitative estimate of drug-likeness (QED) is 0.850. The van der Waals surface area contributed by atoms with Crippen molar-refractivity contribution in [3.63, 3.8) is 0 Å². The molecule has 0 aliphatic carbocycles. The van der Waals surface area contributed by atoms with Gasteiger partial charge >= 0.3 is 0 Å². The summed E-state index contributed by atoms with van der Waals surface area (Å²) in [7, 11) is 0. The van der Waals surface area contributed by atoms with Crippen LogP contribution in [0.15, 0.2) is 23.2 Å². The Kier molecular flexibility index (Phi) is 3.73. The van der Waals surface area contributed by atoms with Crippen molar-refractivity contribution < 1.29 is 4.79 Å². The molecule has 0 N–H and O–H groups in total. The van der Waals surface area contributed by atoms with Crippen LogP contribution in [0.2, 0.25) is 0 Å². The van der Waals surface area contributed by atoms with Crippen LogP contribution in [0.4, 0.5) is 0 Å². The van der Waals surface area contributed by atoms with Crippen LogP contribution in [-0.2, 0) is 0 Å². The molecule has 0 aromatic carbocycles. The molecule has 20 heavy (non-hydrogen) atoms. The maximum absolute atomic E-state index is 12.2. The SMILES string of the molecule is Cc1nccc(C2CCN(C(=O)c3cscn3)CC2)n1. The molecule has 1 amide bonds. The second-order valence-electron chi connectivity index (χ2n) is 4.97. The Balaban J connectivity index is 1.64.